The number of benzene rings is 3. The van der Waals surface area contributed by atoms with Crippen LogP contribution >= 0.6 is 0 Å². The van der Waals surface area contributed by atoms with Crippen molar-refractivity contribution in [1.82, 2.24) is 25.1 Å². The SMILES string of the molecule is C[C@@H](NC(=O)CN1C(=O)N[C@](C)(c2ccc3ccccc3c2)C1=O)c1ccc(-n2ccnc2)cc1. The van der Waals surface area contributed by atoms with Gasteiger partial charge >= 0.3 is 6.03 Å². The highest BCUT2D eigenvalue weighted by Gasteiger charge is 2.49. The minimum atomic E-state index is -1.24. The Hall–Kier alpha value is -4.46. The number of nitrogens with one attached hydrogen (secondary N) is 2. The van der Waals surface area contributed by atoms with E-state index in [1.807, 2.05) is 84.4 Å². The molecule has 2 heterocycles. The van der Waals surface area contributed by atoms with Crippen molar-refractivity contribution in [1.29, 1.82) is 0 Å². The number of urea groups is 1. The molecular formula is C27H25N5O3. The summed E-state index contributed by atoms with van der Waals surface area (Å²) in [7, 11) is 0. The molecule has 0 saturated carbocycles. The van der Waals surface area contributed by atoms with Crippen LogP contribution in [0.2, 0.25) is 0 Å². The van der Waals surface area contributed by atoms with Crippen molar-refractivity contribution in [2.45, 2.75) is 25.4 Å². The molecule has 0 aliphatic carbocycles. The largest absolute Gasteiger partial charge is 0.348 e. The Balaban J connectivity index is 1.26. The predicted octanol–water partition coefficient (Wildman–Crippen LogP) is 3.67. The highest BCUT2D eigenvalue weighted by molar-refractivity contribution is 6.09. The Morgan fingerprint density at radius 1 is 1.06 bits per heavy atom. The molecular weight excluding hydrogens is 442 g/mol. The predicted molar refractivity (Wildman–Crippen MR) is 132 cm³/mol. The minimum Gasteiger partial charge on any atom is -0.348 e. The average molecular weight is 468 g/mol. The number of carbonyl (C=O) groups is 3. The number of carbonyl (C=O) groups excluding carboxylic acids is 3. The second-order valence-corrected chi connectivity index (χ2v) is 8.86. The highest BCUT2D eigenvalue weighted by atomic mass is 16.2. The molecule has 0 unspecified atom stereocenters. The van der Waals surface area contributed by atoms with E-state index >= 15 is 0 Å². The third-order valence-corrected chi connectivity index (χ3v) is 6.48. The first-order chi connectivity index (χ1) is 16.8. The van der Waals surface area contributed by atoms with E-state index in [4.69, 9.17) is 0 Å². The van der Waals surface area contributed by atoms with E-state index in [1.165, 1.54) is 0 Å². The van der Waals surface area contributed by atoms with Crippen molar-refractivity contribution in [3.63, 3.8) is 0 Å². The van der Waals surface area contributed by atoms with Crippen LogP contribution in [0.1, 0.15) is 31.0 Å². The Morgan fingerprint density at radius 3 is 2.51 bits per heavy atom. The lowest BCUT2D eigenvalue weighted by Gasteiger charge is -2.23. The fraction of sp³-hybridized carbons (Fsp3) is 0.185. The first kappa shape index (κ1) is 22.3. The first-order valence-corrected chi connectivity index (χ1v) is 11.4. The third kappa shape index (κ3) is 4.14. The zero-order chi connectivity index (χ0) is 24.6. The van der Waals surface area contributed by atoms with Crippen molar-refractivity contribution < 1.29 is 14.4 Å². The quantitative estimate of drug-likeness (QED) is 0.423. The maximum atomic E-state index is 13.3. The van der Waals surface area contributed by atoms with E-state index in [0.29, 0.717) is 5.56 Å². The van der Waals surface area contributed by atoms with Gasteiger partial charge < -0.3 is 15.2 Å². The second kappa shape index (κ2) is 8.72. The molecule has 5 rings (SSSR count). The highest BCUT2D eigenvalue weighted by Crippen LogP contribution is 2.31. The first-order valence-electron chi connectivity index (χ1n) is 11.4. The standard InChI is InChI=1S/C27H25N5O3/c1-18(19-8-11-23(12-9-19)31-14-13-28-17-31)29-24(33)16-32-25(34)27(2,30-26(32)35)22-10-7-20-5-3-4-6-21(20)15-22/h3-15,17-18H,16H2,1-2H3,(H,29,33)(H,30,35)/t18-,27-/m1/s1. The number of aromatic nitrogens is 2. The van der Waals surface area contributed by atoms with Gasteiger partial charge in [-0.3, -0.25) is 14.5 Å². The zero-order valence-electron chi connectivity index (χ0n) is 19.4. The van der Waals surface area contributed by atoms with Gasteiger partial charge in [0, 0.05) is 18.1 Å². The van der Waals surface area contributed by atoms with Crippen molar-refractivity contribution in [2.24, 2.45) is 0 Å². The third-order valence-electron chi connectivity index (χ3n) is 6.48. The maximum absolute atomic E-state index is 13.3. The van der Waals surface area contributed by atoms with Gasteiger partial charge in [-0.15, -0.1) is 0 Å². The van der Waals surface area contributed by atoms with Crippen LogP contribution in [0.4, 0.5) is 4.79 Å². The molecule has 3 aromatic carbocycles. The Kier molecular flexibility index (Phi) is 5.56. The molecule has 35 heavy (non-hydrogen) atoms. The van der Waals surface area contributed by atoms with Crippen LogP contribution in [-0.4, -0.2) is 38.8 Å². The van der Waals surface area contributed by atoms with Crippen LogP contribution in [0.25, 0.3) is 16.5 Å². The van der Waals surface area contributed by atoms with Gasteiger partial charge in [-0.1, -0.05) is 48.5 Å². The number of rotatable bonds is 6. The molecule has 176 valence electrons. The lowest BCUT2D eigenvalue weighted by molar-refractivity contribution is -0.135. The van der Waals surface area contributed by atoms with E-state index in [0.717, 1.165) is 26.9 Å². The summed E-state index contributed by atoms with van der Waals surface area (Å²) < 4.78 is 1.89. The molecule has 1 fully saturated rings. The van der Waals surface area contributed by atoms with Crippen molar-refractivity contribution in [3.8, 4) is 5.69 Å². The van der Waals surface area contributed by atoms with Crippen molar-refractivity contribution in [2.75, 3.05) is 6.54 Å². The number of fused-ring (bicyclic) bond motifs is 1. The van der Waals surface area contributed by atoms with Gasteiger partial charge in [-0.25, -0.2) is 9.78 Å². The zero-order valence-corrected chi connectivity index (χ0v) is 19.4. The average Bonchev–Trinajstić information content (AvgIpc) is 3.48. The number of hydrogen-bond acceptors (Lipinski definition) is 4. The lowest BCUT2D eigenvalue weighted by Crippen LogP contribution is -2.43. The molecule has 8 heteroatoms. The lowest BCUT2D eigenvalue weighted by atomic mass is 9.90. The summed E-state index contributed by atoms with van der Waals surface area (Å²) >= 11 is 0. The summed E-state index contributed by atoms with van der Waals surface area (Å²) in [5, 5.41) is 7.66. The van der Waals surface area contributed by atoms with Gasteiger partial charge in [0.25, 0.3) is 5.91 Å². The van der Waals surface area contributed by atoms with E-state index in [1.54, 1.807) is 19.4 Å². The smallest absolute Gasteiger partial charge is 0.325 e. The number of imidazole rings is 1. The topological polar surface area (TPSA) is 96.3 Å². The second-order valence-electron chi connectivity index (χ2n) is 8.86. The van der Waals surface area contributed by atoms with Crippen LogP contribution < -0.4 is 10.6 Å². The molecule has 1 aromatic heterocycles. The molecule has 4 aromatic rings. The maximum Gasteiger partial charge on any atom is 0.325 e. The van der Waals surface area contributed by atoms with Crippen molar-refractivity contribution >= 4 is 28.6 Å². The van der Waals surface area contributed by atoms with Crippen LogP contribution in [-0.2, 0) is 15.1 Å². The number of nitrogens with zero attached hydrogens (tertiary/aromatic N) is 3. The summed E-state index contributed by atoms with van der Waals surface area (Å²) in [4.78, 5) is 43.7. The summed E-state index contributed by atoms with van der Waals surface area (Å²) in [5.41, 5.74) is 1.29. The van der Waals surface area contributed by atoms with E-state index in [9.17, 15) is 14.4 Å². The summed E-state index contributed by atoms with van der Waals surface area (Å²) in [5.74, 6) is -0.868. The van der Waals surface area contributed by atoms with Gasteiger partial charge in [0.05, 0.1) is 12.4 Å². The molecule has 1 aliphatic rings. The summed E-state index contributed by atoms with van der Waals surface area (Å²) in [6.07, 6.45) is 5.27. The molecule has 2 atom stereocenters. The van der Waals surface area contributed by atoms with Gasteiger partial charge in [-0.05, 0) is 53.9 Å². The fourth-order valence-electron chi connectivity index (χ4n) is 4.40. The van der Waals surface area contributed by atoms with Crippen LogP contribution in [0, 0.1) is 0 Å². The van der Waals surface area contributed by atoms with Gasteiger partial charge in [0.15, 0.2) is 0 Å². The minimum absolute atomic E-state index is 0.299. The molecule has 4 amide bonds. The normalized spacial score (nSPS) is 18.5. The van der Waals surface area contributed by atoms with E-state index in [2.05, 4.69) is 15.6 Å². The Labute approximate surface area is 202 Å². The van der Waals surface area contributed by atoms with Crippen molar-refractivity contribution in [3.05, 3.63) is 96.6 Å². The molecule has 2 N–H and O–H groups in total. The van der Waals surface area contributed by atoms with Crippen LogP contribution in [0.5, 0.6) is 0 Å². The number of imide groups is 1. The van der Waals surface area contributed by atoms with Gasteiger partial charge in [0.2, 0.25) is 5.91 Å². The molecule has 0 radical (unpaired) electrons. The Morgan fingerprint density at radius 2 is 1.80 bits per heavy atom. The van der Waals surface area contributed by atoms with E-state index < -0.39 is 23.4 Å². The molecule has 8 nitrogen and oxygen atoms in total. The van der Waals surface area contributed by atoms with Gasteiger partial charge in [-0.2, -0.15) is 0 Å². The fourth-order valence-corrected chi connectivity index (χ4v) is 4.40. The summed E-state index contributed by atoms with van der Waals surface area (Å²) in [6, 6.07) is 20.3. The van der Waals surface area contributed by atoms with Crippen LogP contribution in [0.3, 0.4) is 0 Å². The van der Waals surface area contributed by atoms with Crippen LogP contribution in [0.15, 0.2) is 85.5 Å². The molecule has 1 saturated heterocycles. The number of amides is 4. The Bertz CT molecular complexity index is 1410. The van der Waals surface area contributed by atoms with Gasteiger partial charge in [0.1, 0.15) is 12.1 Å². The molecule has 1 aliphatic heterocycles. The monoisotopic (exact) mass is 467 g/mol. The summed E-state index contributed by atoms with van der Waals surface area (Å²) in [6.45, 7) is 3.17. The molecule has 0 spiro atoms. The number of hydrogen-bond donors (Lipinski definition) is 2. The van der Waals surface area contributed by atoms with E-state index in [-0.39, 0.29) is 12.6 Å². The molecule has 0 bridgehead atoms.